The second-order valence-electron chi connectivity index (χ2n) is 2.82. The van der Waals surface area contributed by atoms with Gasteiger partial charge in [0.25, 0.3) is 11.9 Å². The fourth-order valence-electron chi connectivity index (χ4n) is 0.976. The summed E-state index contributed by atoms with van der Waals surface area (Å²) in [5, 5.41) is 0. The Bertz CT molecular complexity index is 405. The summed E-state index contributed by atoms with van der Waals surface area (Å²) in [6.07, 6.45) is 2.84. The van der Waals surface area contributed by atoms with Crippen molar-refractivity contribution in [2.45, 2.75) is 0 Å². The Kier molecular flexibility index (Phi) is 2.56. The predicted molar refractivity (Wildman–Crippen MR) is 52.2 cm³/mol. The number of hydrogen-bond donors (Lipinski definition) is 0. The number of furan rings is 2. The molecule has 6 heteroatoms. The minimum absolute atomic E-state index is 0.146. The quantitative estimate of drug-likeness (QED) is 0.752. The molecular weight excluding hydrogens is 219 g/mol. The lowest BCUT2D eigenvalue weighted by atomic mass is 10.7. The maximum Gasteiger partial charge on any atom is 0.432 e. The fraction of sp³-hybridized carbons (Fsp3) is 0.111. The van der Waals surface area contributed by atoms with E-state index in [4.69, 9.17) is 17.9 Å². The van der Waals surface area contributed by atoms with E-state index >= 15 is 0 Å². The van der Waals surface area contributed by atoms with Crippen molar-refractivity contribution in [1.29, 1.82) is 0 Å². The maximum atomic E-state index is 11.8. The Hall–Kier alpha value is -1.61. The summed E-state index contributed by atoms with van der Waals surface area (Å²) in [6.45, 7) is 1.33. The van der Waals surface area contributed by atoms with Gasteiger partial charge in [-0.15, -0.1) is 0 Å². The van der Waals surface area contributed by atoms with Crippen molar-refractivity contribution in [2.75, 3.05) is 6.66 Å². The minimum atomic E-state index is -3.26. The molecule has 0 saturated heterocycles. The third-order valence-corrected chi connectivity index (χ3v) is 2.52. The summed E-state index contributed by atoms with van der Waals surface area (Å²) in [5.74, 6) is 0.291. The lowest BCUT2D eigenvalue weighted by Gasteiger charge is -2.11. The lowest BCUT2D eigenvalue weighted by Crippen LogP contribution is -1.97. The van der Waals surface area contributed by atoms with Gasteiger partial charge in [0.05, 0.1) is 19.2 Å². The van der Waals surface area contributed by atoms with Crippen molar-refractivity contribution >= 4 is 7.60 Å². The molecule has 5 nitrogen and oxygen atoms in total. The molecule has 2 rings (SSSR count). The molecule has 0 aliphatic carbocycles. The molecular formula is C9H9O5P. The highest BCUT2D eigenvalue weighted by Gasteiger charge is 2.22. The van der Waals surface area contributed by atoms with Crippen LogP contribution in [0.15, 0.2) is 45.6 Å². The van der Waals surface area contributed by atoms with E-state index in [1.807, 2.05) is 0 Å². The van der Waals surface area contributed by atoms with E-state index in [0.29, 0.717) is 0 Å². The molecule has 0 radical (unpaired) electrons. The van der Waals surface area contributed by atoms with Crippen LogP contribution in [0.4, 0.5) is 0 Å². The summed E-state index contributed by atoms with van der Waals surface area (Å²) < 4.78 is 31.6. The first-order chi connectivity index (χ1) is 7.16. The van der Waals surface area contributed by atoms with Gasteiger partial charge in [-0.25, -0.2) is 4.57 Å². The van der Waals surface area contributed by atoms with Crippen LogP contribution in [0, 0.1) is 0 Å². The average molecular weight is 228 g/mol. The van der Waals surface area contributed by atoms with Crippen LogP contribution in [0.25, 0.3) is 0 Å². The lowest BCUT2D eigenvalue weighted by molar-refractivity contribution is 0.307. The van der Waals surface area contributed by atoms with Gasteiger partial charge in [-0.1, -0.05) is 0 Å². The summed E-state index contributed by atoms with van der Waals surface area (Å²) in [5.41, 5.74) is 0. The molecule has 2 aromatic rings. The zero-order valence-corrected chi connectivity index (χ0v) is 8.85. The van der Waals surface area contributed by atoms with Gasteiger partial charge in [0.15, 0.2) is 0 Å². The molecule has 0 aliphatic heterocycles. The van der Waals surface area contributed by atoms with E-state index in [1.54, 1.807) is 24.3 Å². The molecule has 0 bridgehead atoms. The van der Waals surface area contributed by atoms with Gasteiger partial charge in [-0.3, -0.25) is 0 Å². The summed E-state index contributed by atoms with van der Waals surface area (Å²) >= 11 is 0. The zero-order valence-electron chi connectivity index (χ0n) is 7.95. The van der Waals surface area contributed by atoms with Crippen LogP contribution in [-0.4, -0.2) is 6.66 Å². The Morgan fingerprint density at radius 2 is 1.53 bits per heavy atom. The summed E-state index contributed by atoms with van der Waals surface area (Å²) in [6, 6.07) is 6.34. The first-order valence-corrected chi connectivity index (χ1v) is 6.18. The van der Waals surface area contributed by atoms with Crippen molar-refractivity contribution in [1.82, 2.24) is 0 Å². The number of rotatable bonds is 4. The van der Waals surface area contributed by atoms with Crippen molar-refractivity contribution in [3.8, 4) is 11.9 Å². The minimum Gasteiger partial charge on any atom is -0.434 e. The van der Waals surface area contributed by atoms with Crippen LogP contribution in [0.2, 0.25) is 0 Å². The van der Waals surface area contributed by atoms with Gasteiger partial charge in [0.2, 0.25) is 0 Å². The van der Waals surface area contributed by atoms with E-state index in [2.05, 4.69) is 0 Å². The third kappa shape index (κ3) is 2.67. The van der Waals surface area contributed by atoms with Gasteiger partial charge in [-0.05, 0) is 12.1 Å². The summed E-state index contributed by atoms with van der Waals surface area (Å²) in [4.78, 5) is 0. The largest absolute Gasteiger partial charge is 0.434 e. The monoisotopic (exact) mass is 228 g/mol. The molecule has 0 fully saturated rings. The molecule has 0 spiro atoms. The molecule has 0 saturated carbocycles. The molecule has 0 amide bonds. The summed E-state index contributed by atoms with van der Waals surface area (Å²) in [7, 11) is -3.26. The van der Waals surface area contributed by atoms with E-state index in [0.717, 1.165) is 0 Å². The molecule has 0 aliphatic rings. The normalized spacial score (nSPS) is 11.3. The first-order valence-electron chi connectivity index (χ1n) is 4.19. The third-order valence-electron chi connectivity index (χ3n) is 1.50. The van der Waals surface area contributed by atoms with E-state index in [1.165, 1.54) is 19.2 Å². The first kappa shape index (κ1) is 9.93. The molecule has 0 unspecified atom stereocenters. The zero-order chi connectivity index (χ0) is 10.7. The van der Waals surface area contributed by atoms with Crippen LogP contribution in [0.5, 0.6) is 11.9 Å². The van der Waals surface area contributed by atoms with Crippen molar-refractivity contribution in [3.05, 3.63) is 36.8 Å². The van der Waals surface area contributed by atoms with Gasteiger partial charge >= 0.3 is 7.60 Å². The highest BCUT2D eigenvalue weighted by Crippen LogP contribution is 2.44. The average Bonchev–Trinajstić information content (AvgIpc) is 2.75. The van der Waals surface area contributed by atoms with Gasteiger partial charge in [0.1, 0.15) is 0 Å². The molecule has 0 N–H and O–H groups in total. The molecule has 80 valence electrons. The molecule has 0 atom stereocenters. The van der Waals surface area contributed by atoms with Gasteiger partial charge in [-0.2, -0.15) is 0 Å². The van der Waals surface area contributed by atoms with Crippen molar-refractivity contribution < 1.29 is 22.4 Å². The molecule has 0 aromatic carbocycles. The van der Waals surface area contributed by atoms with Crippen molar-refractivity contribution in [2.24, 2.45) is 0 Å². The highest BCUT2D eigenvalue weighted by molar-refractivity contribution is 7.53. The molecule has 2 aromatic heterocycles. The van der Waals surface area contributed by atoms with Crippen LogP contribution < -0.4 is 9.05 Å². The second kappa shape index (κ2) is 3.87. The smallest absolute Gasteiger partial charge is 0.432 e. The maximum absolute atomic E-state index is 11.8. The Labute approximate surface area is 86.1 Å². The van der Waals surface area contributed by atoms with Gasteiger partial charge < -0.3 is 17.9 Å². The SMILES string of the molecule is CP(=O)(Oc1ccco1)Oc1ccco1. The second-order valence-corrected chi connectivity index (χ2v) is 4.73. The topological polar surface area (TPSA) is 61.8 Å². The Morgan fingerprint density at radius 3 is 1.87 bits per heavy atom. The van der Waals surface area contributed by atoms with E-state index in [-0.39, 0.29) is 11.9 Å². The molecule has 15 heavy (non-hydrogen) atoms. The molecule has 2 heterocycles. The predicted octanol–water partition coefficient (Wildman–Crippen LogP) is 3.15. The Morgan fingerprint density at radius 1 is 1.07 bits per heavy atom. The fourth-order valence-corrected chi connectivity index (χ4v) is 1.88. The van der Waals surface area contributed by atoms with Crippen molar-refractivity contribution in [3.63, 3.8) is 0 Å². The van der Waals surface area contributed by atoms with Crippen LogP contribution in [0.1, 0.15) is 0 Å². The standard InChI is InChI=1S/C9H9O5P/c1-15(10,13-8-4-2-6-11-8)14-9-5-3-7-12-9/h2-7H,1H3. The Balaban J connectivity index is 2.04. The van der Waals surface area contributed by atoms with Crippen LogP contribution in [-0.2, 0) is 4.57 Å². The van der Waals surface area contributed by atoms with Crippen LogP contribution >= 0.6 is 7.60 Å². The van der Waals surface area contributed by atoms with E-state index < -0.39 is 7.60 Å². The van der Waals surface area contributed by atoms with Crippen LogP contribution in [0.3, 0.4) is 0 Å². The van der Waals surface area contributed by atoms with Gasteiger partial charge in [0, 0.05) is 12.1 Å². The number of hydrogen-bond acceptors (Lipinski definition) is 5. The highest BCUT2D eigenvalue weighted by atomic mass is 31.2. The van der Waals surface area contributed by atoms with E-state index in [9.17, 15) is 4.57 Å².